The van der Waals surface area contributed by atoms with Crippen molar-refractivity contribution in [3.63, 3.8) is 0 Å². The summed E-state index contributed by atoms with van der Waals surface area (Å²) >= 11 is 0. The van der Waals surface area contributed by atoms with Crippen LogP contribution in [0.3, 0.4) is 0 Å². The predicted molar refractivity (Wildman–Crippen MR) is 67.5 cm³/mol. The molecule has 0 aromatic heterocycles. The Kier molecular flexibility index (Phi) is 4.17. The largest absolute Gasteiger partial charge is 0.343 e. The van der Waals surface area contributed by atoms with Gasteiger partial charge in [0.1, 0.15) is 11.6 Å². The van der Waals surface area contributed by atoms with Crippen molar-refractivity contribution in [2.24, 2.45) is 5.92 Å². The van der Waals surface area contributed by atoms with Gasteiger partial charge in [-0.15, -0.1) is 0 Å². The molecular weight excluding hydrogens is 216 g/mol. The van der Waals surface area contributed by atoms with Gasteiger partial charge < -0.3 is 10.2 Å². The molecule has 17 heavy (non-hydrogen) atoms. The standard InChI is InChI=1S/C13H24N2O2/c1-6-7-9(2)8-15-11(16)10(3)14-12(17)13(15,4)5/h9-10H,6-8H2,1-5H3,(H,14,17). The van der Waals surface area contributed by atoms with Crippen molar-refractivity contribution in [1.29, 1.82) is 0 Å². The molecule has 1 saturated heterocycles. The quantitative estimate of drug-likeness (QED) is 0.810. The van der Waals surface area contributed by atoms with Crippen LogP contribution in [0.1, 0.15) is 47.5 Å². The molecule has 1 rings (SSSR count). The van der Waals surface area contributed by atoms with Crippen LogP contribution in [0.15, 0.2) is 0 Å². The van der Waals surface area contributed by atoms with Crippen molar-refractivity contribution >= 4 is 11.8 Å². The van der Waals surface area contributed by atoms with Crippen molar-refractivity contribution < 1.29 is 9.59 Å². The first kappa shape index (κ1) is 14.0. The third-order valence-electron chi connectivity index (χ3n) is 3.49. The first-order valence-electron chi connectivity index (χ1n) is 6.43. The van der Waals surface area contributed by atoms with E-state index in [-0.39, 0.29) is 11.8 Å². The topological polar surface area (TPSA) is 49.4 Å². The Balaban J connectivity index is 2.84. The van der Waals surface area contributed by atoms with E-state index in [0.29, 0.717) is 12.5 Å². The summed E-state index contributed by atoms with van der Waals surface area (Å²) in [6.45, 7) is 10.3. The highest BCUT2D eigenvalue weighted by molar-refractivity contribution is 5.99. The number of rotatable bonds is 4. The number of piperazine rings is 1. The molecule has 4 nitrogen and oxygen atoms in total. The Hall–Kier alpha value is -1.06. The third kappa shape index (κ3) is 2.79. The van der Waals surface area contributed by atoms with Crippen LogP contribution in [0.2, 0.25) is 0 Å². The summed E-state index contributed by atoms with van der Waals surface area (Å²) in [4.78, 5) is 25.8. The molecule has 2 unspecified atom stereocenters. The van der Waals surface area contributed by atoms with Crippen LogP contribution in [0.4, 0.5) is 0 Å². The van der Waals surface area contributed by atoms with Crippen LogP contribution in [0.5, 0.6) is 0 Å². The average molecular weight is 240 g/mol. The van der Waals surface area contributed by atoms with Crippen molar-refractivity contribution in [2.45, 2.75) is 59.0 Å². The highest BCUT2D eigenvalue weighted by Gasteiger charge is 2.44. The van der Waals surface area contributed by atoms with Gasteiger partial charge in [0.15, 0.2) is 0 Å². The molecule has 0 aliphatic carbocycles. The fraction of sp³-hybridized carbons (Fsp3) is 0.846. The minimum atomic E-state index is -0.731. The van der Waals surface area contributed by atoms with Gasteiger partial charge in [0.2, 0.25) is 11.8 Å². The third-order valence-corrected chi connectivity index (χ3v) is 3.49. The lowest BCUT2D eigenvalue weighted by molar-refractivity contribution is -0.155. The second-order valence-corrected chi connectivity index (χ2v) is 5.60. The van der Waals surface area contributed by atoms with E-state index < -0.39 is 11.6 Å². The molecule has 2 atom stereocenters. The smallest absolute Gasteiger partial charge is 0.246 e. The molecule has 2 amide bonds. The molecule has 0 bridgehead atoms. The molecule has 0 saturated carbocycles. The fourth-order valence-corrected chi connectivity index (χ4v) is 2.28. The van der Waals surface area contributed by atoms with E-state index in [4.69, 9.17) is 0 Å². The van der Waals surface area contributed by atoms with Crippen molar-refractivity contribution in [3.8, 4) is 0 Å². The molecule has 0 spiro atoms. The summed E-state index contributed by atoms with van der Waals surface area (Å²) in [5.74, 6) is 0.396. The second kappa shape index (κ2) is 5.07. The number of amides is 2. The van der Waals surface area contributed by atoms with Crippen molar-refractivity contribution in [2.75, 3.05) is 6.54 Å². The van der Waals surface area contributed by atoms with E-state index in [1.54, 1.807) is 11.8 Å². The normalized spacial score (nSPS) is 25.7. The Morgan fingerprint density at radius 1 is 1.41 bits per heavy atom. The number of nitrogens with one attached hydrogen (secondary N) is 1. The first-order valence-corrected chi connectivity index (χ1v) is 6.43. The van der Waals surface area contributed by atoms with Gasteiger partial charge >= 0.3 is 0 Å². The van der Waals surface area contributed by atoms with Crippen LogP contribution < -0.4 is 5.32 Å². The summed E-state index contributed by atoms with van der Waals surface area (Å²) in [5.41, 5.74) is -0.731. The van der Waals surface area contributed by atoms with E-state index in [1.165, 1.54) is 0 Å². The van der Waals surface area contributed by atoms with E-state index >= 15 is 0 Å². The van der Waals surface area contributed by atoms with E-state index in [2.05, 4.69) is 19.2 Å². The molecular formula is C13H24N2O2. The number of nitrogens with zero attached hydrogens (tertiary/aromatic N) is 1. The molecule has 98 valence electrons. The zero-order valence-electron chi connectivity index (χ0n) is 11.5. The Labute approximate surface area is 104 Å². The average Bonchev–Trinajstić information content (AvgIpc) is 2.23. The lowest BCUT2D eigenvalue weighted by Crippen LogP contribution is -2.68. The molecule has 1 N–H and O–H groups in total. The lowest BCUT2D eigenvalue weighted by Gasteiger charge is -2.44. The molecule has 0 radical (unpaired) electrons. The minimum Gasteiger partial charge on any atom is -0.343 e. The molecule has 1 aliphatic rings. The Bertz CT molecular complexity index is 313. The van der Waals surface area contributed by atoms with Gasteiger partial charge in [-0.1, -0.05) is 20.3 Å². The molecule has 1 heterocycles. The Morgan fingerprint density at radius 2 is 2.00 bits per heavy atom. The van der Waals surface area contributed by atoms with Gasteiger partial charge in [-0.3, -0.25) is 9.59 Å². The first-order chi connectivity index (χ1) is 7.80. The highest BCUT2D eigenvalue weighted by Crippen LogP contribution is 2.23. The molecule has 1 aliphatic heterocycles. The van der Waals surface area contributed by atoms with E-state index in [9.17, 15) is 9.59 Å². The lowest BCUT2D eigenvalue weighted by atomic mass is 9.93. The van der Waals surface area contributed by atoms with Crippen LogP contribution in [-0.4, -0.2) is 34.8 Å². The molecule has 1 fully saturated rings. The summed E-state index contributed by atoms with van der Waals surface area (Å²) in [7, 11) is 0. The number of hydrogen-bond donors (Lipinski definition) is 1. The number of carbonyl (C=O) groups excluding carboxylic acids is 2. The summed E-state index contributed by atoms with van der Waals surface area (Å²) < 4.78 is 0. The zero-order valence-corrected chi connectivity index (χ0v) is 11.5. The SMILES string of the molecule is CCCC(C)CN1C(=O)C(C)NC(=O)C1(C)C. The van der Waals surface area contributed by atoms with Crippen molar-refractivity contribution in [3.05, 3.63) is 0 Å². The van der Waals surface area contributed by atoms with Gasteiger partial charge in [0.25, 0.3) is 0 Å². The summed E-state index contributed by atoms with van der Waals surface area (Å²) in [6, 6.07) is -0.399. The molecule has 0 aromatic rings. The summed E-state index contributed by atoms with van der Waals surface area (Å²) in [6.07, 6.45) is 2.18. The van der Waals surface area contributed by atoms with Gasteiger partial charge in [-0.25, -0.2) is 0 Å². The number of carbonyl (C=O) groups is 2. The number of hydrogen-bond acceptors (Lipinski definition) is 2. The van der Waals surface area contributed by atoms with Gasteiger partial charge in [-0.05, 0) is 33.1 Å². The Morgan fingerprint density at radius 3 is 2.53 bits per heavy atom. The zero-order chi connectivity index (χ0) is 13.2. The van der Waals surface area contributed by atoms with Gasteiger partial charge in [-0.2, -0.15) is 0 Å². The van der Waals surface area contributed by atoms with Crippen LogP contribution >= 0.6 is 0 Å². The maximum Gasteiger partial charge on any atom is 0.246 e. The fourth-order valence-electron chi connectivity index (χ4n) is 2.28. The monoisotopic (exact) mass is 240 g/mol. The summed E-state index contributed by atoms with van der Waals surface area (Å²) in [5, 5.41) is 2.72. The molecule has 4 heteroatoms. The minimum absolute atomic E-state index is 0.0255. The predicted octanol–water partition coefficient (Wildman–Crippen LogP) is 1.55. The maximum atomic E-state index is 12.1. The molecule has 0 aromatic carbocycles. The van der Waals surface area contributed by atoms with Gasteiger partial charge in [0, 0.05) is 6.54 Å². The second-order valence-electron chi connectivity index (χ2n) is 5.60. The maximum absolute atomic E-state index is 12.1. The highest BCUT2D eigenvalue weighted by atomic mass is 16.2. The van der Waals surface area contributed by atoms with E-state index in [1.807, 2.05) is 13.8 Å². The van der Waals surface area contributed by atoms with E-state index in [0.717, 1.165) is 12.8 Å². The van der Waals surface area contributed by atoms with Crippen LogP contribution in [0.25, 0.3) is 0 Å². The van der Waals surface area contributed by atoms with Crippen molar-refractivity contribution in [1.82, 2.24) is 10.2 Å². The van der Waals surface area contributed by atoms with Crippen LogP contribution in [-0.2, 0) is 9.59 Å². The van der Waals surface area contributed by atoms with Gasteiger partial charge in [0.05, 0.1) is 0 Å². The van der Waals surface area contributed by atoms with Crippen LogP contribution in [0, 0.1) is 5.92 Å².